The fourth-order valence-corrected chi connectivity index (χ4v) is 2.83. The first kappa shape index (κ1) is 13.8. The Morgan fingerprint density at radius 2 is 1.94 bits per heavy atom. The van der Waals surface area contributed by atoms with Crippen LogP contribution in [0.5, 0.6) is 0 Å². The molecule has 0 saturated heterocycles. The van der Waals surface area contributed by atoms with Gasteiger partial charge in [0.15, 0.2) is 0 Å². The van der Waals surface area contributed by atoms with Crippen LogP contribution in [0.3, 0.4) is 0 Å². The Labute approximate surface area is 106 Å². The summed E-state index contributed by atoms with van der Waals surface area (Å²) in [4.78, 5) is 0. The van der Waals surface area contributed by atoms with Gasteiger partial charge >= 0.3 is 0 Å². The number of alkyl halides is 1. The molecule has 0 heterocycles. The largest absolute Gasteiger partial charge is 0.228 e. The molecule has 1 atom stereocenters. The van der Waals surface area contributed by atoms with Crippen LogP contribution >= 0.6 is 23.2 Å². The van der Waals surface area contributed by atoms with E-state index >= 15 is 0 Å². The van der Waals surface area contributed by atoms with Gasteiger partial charge in [0.05, 0.1) is 0 Å². The van der Waals surface area contributed by atoms with Crippen LogP contribution in [0.1, 0.15) is 18.5 Å². The van der Waals surface area contributed by atoms with Crippen LogP contribution in [-0.2, 0) is 10.0 Å². The summed E-state index contributed by atoms with van der Waals surface area (Å²) < 4.78 is 24.4. The molecule has 0 amide bonds. The predicted octanol–water partition coefficient (Wildman–Crippen LogP) is 2.86. The second-order valence-corrected chi connectivity index (χ2v) is 6.45. The summed E-state index contributed by atoms with van der Waals surface area (Å²) in [5, 5.41) is 0.116. The molecule has 16 heavy (non-hydrogen) atoms. The lowest BCUT2D eigenvalue weighted by molar-refractivity contribution is 0.401. The van der Waals surface area contributed by atoms with Crippen molar-refractivity contribution in [2.24, 2.45) is 0 Å². The average Bonchev–Trinajstić information content (AvgIpc) is 2.27. The Kier molecular flexibility index (Phi) is 4.62. The molecular weight excluding hydrogens is 269 g/mol. The second kappa shape index (κ2) is 5.36. The van der Waals surface area contributed by atoms with Gasteiger partial charge in [-0.05, 0) is 18.6 Å². The van der Waals surface area contributed by atoms with Gasteiger partial charge < -0.3 is 0 Å². The molecule has 0 N–H and O–H groups in total. The van der Waals surface area contributed by atoms with Crippen LogP contribution in [-0.4, -0.2) is 25.0 Å². The van der Waals surface area contributed by atoms with Crippen molar-refractivity contribution >= 4 is 33.2 Å². The molecule has 3 nitrogen and oxygen atoms in total. The highest BCUT2D eigenvalue weighted by Gasteiger charge is 2.24. The van der Waals surface area contributed by atoms with Gasteiger partial charge in [-0.3, -0.25) is 0 Å². The standard InChI is InChI=1S/C10H13Cl2NO2S/c1-8(13(2)16(14,15)7-11)9-5-3-4-6-10(9)12/h3-6,8H,7H2,1-2H3. The third-order valence-corrected chi connectivity index (χ3v) is 5.12. The van der Waals surface area contributed by atoms with E-state index in [1.54, 1.807) is 25.1 Å². The normalized spacial score (nSPS) is 14.1. The molecule has 0 aliphatic carbocycles. The zero-order valence-corrected chi connectivity index (χ0v) is 11.4. The van der Waals surface area contributed by atoms with Gasteiger partial charge in [0.25, 0.3) is 0 Å². The quantitative estimate of drug-likeness (QED) is 0.796. The van der Waals surface area contributed by atoms with E-state index in [1.807, 2.05) is 6.07 Å². The summed E-state index contributed by atoms with van der Waals surface area (Å²) >= 11 is 11.4. The van der Waals surface area contributed by atoms with Crippen molar-refractivity contribution in [3.05, 3.63) is 34.9 Å². The second-order valence-electron chi connectivity index (χ2n) is 3.43. The van der Waals surface area contributed by atoms with Crippen molar-refractivity contribution in [1.29, 1.82) is 0 Å². The highest BCUT2D eigenvalue weighted by Crippen LogP contribution is 2.27. The topological polar surface area (TPSA) is 37.4 Å². The van der Waals surface area contributed by atoms with E-state index < -0.39 is 15.2 Å². The first-order valence-electron chi connectivity index (χ1n) is 4.66. The van der Waals surface area contributed by atoms with Crippen LogP contribution in [0.4, 0.5) is 0 Å². The molecule has 1 unspecified atom stereocenters. The molecule has 0 saturated carbocycles. The van der Waals surface area contributed by atoms with Gasteiger partial charge in [0.2, 0.25) is 10.0 Å². The maximum atomic E-state index is 11.6. The zero-order valence-electron chi connectivity index (χ0n) is 9.02. The first-order valence-corrected chi connectivity index (χ1v) is 7.18. The lowest BCUT2D eigenvalue weighted by Crippen LogP contribution is -2.30. The van der Waals surface area contributed by atoms with E-state index in [2.05, 4.69) is 0 Å². The minimum Gasteiger partial charge on any atom is -0.211 e. The lowest BCUT2D eigenvalue weighted by Gasteiger charge is -2.24. The number of rotatable bonds is 4. The maximum Gasteiger partial charge on any atom is 0.228 e. The van der Waals surface area contributed by atoms with E-state index in [9.17, 15) is 8.42 Å². The third kappa shape index (κ3) is 2.88. The van der Waals surface area contributed by atoms with E-state index in [0.29, 0.717) is 5.02 Å². The molecule has 1 aromatic carbocycles. The summed E-state index contributed by atoms with van der Waals surface area (Å²) in [6.07, 6.45) is 0. The molecule has 0 spiro atoms. The van der Waals surface area contributed by atoms with Gasteiger partial charge in [-0.15, -0.1) is 11.6 Å². The maximum absolute atomic E-state index is 11.6. The number of sulfonamides is 1. The summed E-state index contributed by atoms with van der Waals surface area (Å²) in [6, 6.07) is 6.81. The molecule has 90 valence electrons. The van der Waals surface area contributed by atoms with Gasteiger partial charge in [-0.25, -0.2) is 8.42 Å². The van der Waals surface area contributed by atoms with Crippen LogP contribution in [0, 0.1) is 0 Å². The molecule has 1 rings (SSSR count). The van der Waals surface area contributed by atoms with Crippen molar-refractivity contribution in [2.75, 3.05) is 12.3 Å². The smallest absolute Gasteiger partial charge is 0.211 e. The summed E-state index contributed by atoms with van der Waals surface area (Å²) in [5.74, 6) is 0. The van der Waals surface area contributed by atoms with Crippen molar-refractivity contribution in [1.82, 2.24) is 4.31 Å². The molecule has 0 radical (unpaired) electrons. The summed E-state index contributed by atoms with van der Waals surface area (Å²) in [5.41, 5.74) is 0.764. The molecule has 0 aliphatic rings. The minimum absolute atomic E-state index is 0.336. The van der Waals surface area contributed by atoms with Crippen molar-refractivity contribution in [3.63, 3.8) is 0 Å². The van der Waals surface area contributed by atoms with Gasteiger partial charge in [-0.2, -0.15) is 4.31 Å². The average molecular weight is 282 g/mol. The van der Waals surface area contributed by atoms with Crippen molar-refractivity contribution < 1.29 is 8.42 Å². The van der Waals surface area contributed by atoms with E-state index in [-0.39, 0.29) is 6.04 Å². The highest BCUT2D eigenvalue weighted by molar-refractivity contribution is 7.90. The molecule has 0 aliphatic heterocycles. The van der Waals surface area contributed by atoms with E-state index in [1.165, 1.54) is 11.4 Å². The predicted molar refractivity (Wildman–Crippen MR) is 67.3 cm³/mol. The number of hydrogen-bond donors (Lipinski definition) is 0. The molecule has 0 fully saturated rings. The van der Waals surface area contributed by atoms with Crippen LogP contribution in [0.15, 0.2) is 24.3 Å². The molecule has 0 aromatic heterocycles. The lowest BCUT2D eigenvalue weighted by atomic mass is 10.1. The number of hydrogen-bond acceptors (Lipinski definition) is 2. The number of halogens is 2. The number of nitrogens with zero attached hydrogens (tertiary/aromatic N) is 1. The molecular formula is C10H13Cl2NO2S. The zero-order chi connectivity index (χ0) is 12.3. The van der Waals surface area contributed by atoms with E-state index in [0.717, 1.165) is 5.56 Å². The molecule has 1 aromatic rings. The van der Waals surface area contributed by atoms with Crippen LogP contribution < -0.4 is 0 Å². The van der Waals surface area contributed by atoms with Gasteiger partial charge in [0.1, 0.15) is 5.21 Å². The monoisotopic (exact) mass is 281 g/mol. The summed E-state index contributed by atoms with van der Waals surface area (Å²) in [6.45, 7) is 1.77. The molecule has 0 bridgehead atoms. The summed E-state index contributed by atoms with van der Waals surface area (Å²) in [7, 11) is -1.93. The van der Waals surface area contributed by atoms with Gasteiger partial charge in [-0.1, -0.05) is 29.8 Å². The van der Waals surface area contributed by atoms with Crippen molar-refractivity contribution in [3.8, 4) is 0 Å². The minimum atomic E-state index is -3.42. The Morgan fingerprint density at radius 3 is 2.44 bits per heavy atom. The fourth-order valence-electron chi connectivity index (χ4n) is 1.33. The Hall–Kier alpha value is -0.290. The Balaban J connectivity index is 3.04. The SMILES string of the molecule is CC(c1ccccc1Cl)N(C)S(=O)(=O)CCl. The van der Waals surface area contributed by atoms with Crippen molar-refractivity contribution in [2.45, 2.75) is 13.0 Å². The fraction of sp³-hybridized carbons (Fsp3) is 0.400. The van der Waals surface area contributed by atoms with Crippen LogP contribution in [0.2, 0.25) is 5.02 Å². The third-order valence-electron chi connectivity index (χ3n) is 2.48. The Bertz CT molecular complexity index is 462. The van der Waals surface area contributed by atoms with Gasteiger partial charge in [0, 0.05) is 18.1 Å². The highest BCUT2D eigenvalue weighted by atomic mass is 35.5. The van der Waals surface area contributed by atoms with E-state index in [4.69, 9.17) is 23.2 Å². The Morgan fingerprint density at radius 1 is 1.38 bits per heavy atom. The molecule has 6 heteroatoms. The van der Waals surface area contributed by atoms with Crippen LogP contribution in [0.25, 0.3) is 0 Å². The first-order chi connectivity index (χ1) is 7.40. The number of benzene rings is 1.